The molecule has 1 aromatic heterocycles. The fraction of sp³-hybridized carbons (Fsp3) is 0.350. The van der Waals surface area contributed by atoms with Crippen molar-refractivity contribution in [2.24, 2.45) is 5.73 Å². The summed E-state index contributed by atoms with van der Waals surface area (Å²) in [6.45, 7) is 26.9. The minimum atomic E-state index is 0.873. The molecule has 0 unspecified atom stereocenters. The highest BCUT2D eigenvalue weighted by Crippen LogP contribution is 2.21. The second-order valence-electron chi connectivity index (χ2n) is 3.91. The first-order valence-corrected chi connectivity index (χ1v) is 8.04. The number of rotatable bonds is 5. The van der Waals surface area contributed by atoms with Crippen molar-refractivity contribution in [3.05, 3.63) is 74.0 Å². The Balaban J connectivity index is -0.000000496. The van der Waals surface area contributed by atoms with Gasteiger partial charge in [-0.2, -0.15) is 0 Å². The van der Waals surface area contributed by atoms with Gasteiger partial charge in [-0.05, 0) is 36.8 Å². The van der Waals surface area contributed by atoms with Crippen molar-refractivity contribution in [1.29, 1.82) is 0 Å². The lowest BCUT2D eigenvalue weighted by molar-refractivity contribution is 0.998. The average molecular weight is 318 g/mol. The van der Waals surface area contributed by atoms with E-state index >= 15 is 0 Å². The zero-order chi connectivity index (χ0) is 18.8. The summed E-state index contributed by atoms with van der Waals surface area (Å²) in [6.07, 6.45) is 9.47. The Morgan fingerprint density at radius 2 is 1.70 bits per heavy atom. The topological polar surface area (TPSA) is 43.8 Å². The van der Waals surface area contributed by atoms with Crippen molar-refractivity contribution in [2.75, 3.05) is 0 Å². The molecule has 0 aliphatic heterocycles. The van der Waals surface area contributed by atoms with Crippen molar-refractivity contribution in [2.45, 2.75) is 48.0 Å². The minimum absolute atomic E-state index is 0.873. The van der Waals surface area contributed by atoms with Gasteiger partial charge in [0.25, 0.3) is 0 Å². The molecule has 23 heavy (non-hydrogen) atoms. The Morgan fingerprint density at radius 3 is 2.00 bits per heavy atom. The van der Waals surface area contributed by atoms with E-state index in [0.717, 1.165) is 29.0 Å². The van der Waals surface area contributed by atoms with Crippen molar-refractivity contribution in [3.63, 3.8) is 0 Å². The summed E-state index contributed by atoms with van der Waals surface area (Å²) < 4.78 is 2.01. The minimum Gasteiger partial charge on any atom is -0.405 e. The van der Waals surface area contributed by atoms with Gasteiger partial charge in [-0.3, -0.25) is 0 Å². The van der Waals surface area contributed by atoms with Crippen LogP contribution in [0.4, 0.5) is 0 Å². The average Bonchev–Trinajstić information content (AvgIpc) is 3.01. The number of aryl methyl sites for hydroxylation is 1. The maximum Gasteiger partial charge on any atom is 0.0994 e. The molecule has 0 radical (unpaired) electrons. The van der Waals surface area contributed by atoms with Crippen molar-refractivity contribution < 1.29 is 0 Å². The van der Waals surface area contributed by atoms with E-state index in [9.17, 15) is 0 Å². The summed E-state index contributed by atoms with van der Waals surface area (Å²) in [4.78, 5) is 4.12. The molecule has 0 aliphatic carbocycles. The van der Waals surface area contributed by atoms with Gasteiger partial charge in [0.15, 0.2) is 0 Å². The molecule has 1 aromatic rings. The van der Waals surface area contributed by atoms with E-state index in [1.54, 1.807) is 12.4 Å². The van der Waals surface area contributed by atoms with Gasteiger partial charge in [-0.25, -0.2) is 4.98 Å². The monoisotopic (exact) mass is 317 g/mol. The van der Waals surface area contributed by atoms with Gasteiger partial charge in [0, 0.05) is 17.6 Å². The number of aromatic nitrogens is 2. The lowest BCUT2D eigenvalue weighted by atomic mass is 10.1. The molecule has 0 atom stereocenters. The largest absolute Gasteiger partial charge is 0.405 e. The van der Waals surface area contributed by atoms with Crippen LogP contribution >= 0.6 is 0 Å². The van der Waals surface area contributed by atoms with Crippen LogP contribution in [0.25, 0.3) is 5.70 Å². The van der Waals surface area contributed by atoms with E-state index < -0.39 is 0 Å². The van der Waals surface area contributed by atoms with E-state index in [1.165, 1.54) is 6.20 Å². The van der Waals surface area contributed by atoms with Crippen molar-refractivity contribution >= 4 is 5.70 Å². The first-order valence-electron chi connectivity index (χ1n) is 8.04. The molecular weight excluding hydrogens is 282 g/mol. The van der Waals surface area contributed by atoms with Crippen LogP contribution in [-0.2, 0) is 0 Å². The summed E-state index contributed by atoms with van der Waals surface area (Å²) in [5.74, 6) is 0. The predicted octanol–water partition coefficient (Wildman–Crippen LogP) is 5.88. The Kier molecular flexibility index (Phi) is 19.8. The second kappa shape index (κ2) is 17.8. The third-order valence-electron chi connectivity index (χ3n) is 2.46. The van der Waals surface area contributed by atoms with Crippen LogP contribution in [0.5, 0.6) is 0 Å². The molecule has 0 aliphatic rings. The molecule has 0 bridgehead atoms. The number of imidazole rings is 1. The van der Waals surface area contributed by atoms with E-state index in [4.69, 9.17) is 0 Å². The van der Waals surface area contributed by atoms with Gasteiger partial charge in [-0.15, -0.1) is 0 Å². The zero-order valence-corrected chi connectivity index (χ0v) is 15.9. The van der Waals surface area contributed by atoms with Gasteiger partial charge >= 0.3 is 0 Å². The van der Waals surface area contributed by atoms with Crippen LogP contribution in [0.1, 0.15) is 46.7 Å². The molecule has 1 rings (SSSR count). The predicted molar refractivity (Wildman–Crippen MR) is 107 cm³/mol. The number of nitrogens with zero attached hydrogens (tertiary/aromatic N) is 2. The summed E-state index contributed by atoms with van der Waals surface area (Å²) in [6, 6.07) is 0. The second-order valence-corrected chi connectivity index (χ2v) is 3.91. The zero-order valence-electron chi connectivity index (χ0n) is 15.9. The maximum absolute atomic E-state index is 4.61. The van der Waals surface area contributed by atoms with Crippen LogP contribution in [0, 0.1) is 6.92 Å². The van der Waals surface area contributed by atoms with Gasteiger partial charge < -0.3 is 10.3 Å². The number of hydrogen-bond acceptors (Lipinski definition) is 2. The van der Waals surface area contributed by atoms with Crippen molar-refractivity contribution in [1.82, 2.24) is 9.55 Å². The normalized spacial score (nSPS) is 8.87. The lowest BCUT2D eigenvalue weighted by Crippen LogP contribution is -2.00. The standard InChI is InChI=1S/C14H18N2.C2H5N.2C2H6/c1-6-11(3)8-14(12(4)7-2)16-10-15-9-13(16)5;1-2-3;2*1-2/h6,8-10H,1,3-4,7H2,2,5H3;2H,1,3H2;2*1-2H3/b14-8-;;;. The van der Waals surface area contributed by atoms with Gasteiger partial charge in [-0.1, -0.05) is 67.0 Å². The molecule has 0 amide bonds. The van der Waals surface area contributed by atoms with E-state index in [1.807, 2.05) is 51.5 Å². The Hall–Kier alpha value is -2.29. The number of nitrogens with two attached hydrogens (primary N) is 1. The van der Waals surface area contributed by atoms with Gasteiger partial charge in [0.2, 0.25) is 0 Å². The van der Waals surface area contributed by atoms with E-state index in [2.05, 4.69) is 44.0 Å². The smallest absolute Gasteiger partial charge is 0.0994 e. The molecule has 130 valence electrons. The molecular formula is C20H35N3. The fourth-order valence-corrected chi connectivity index (χ4v) is 1.37. The Bertz CT molecular complexity index is 491. The molecule has 0 aromatic carbocycles. The number of hydrogen-bond donors (Lipinski definition) is 1. The lowest BCUT2D eigenvalue weighted by Gasteiger charge is -2.12. The van der Waals surface area contributed by atoms with Crippen LogP contribution < -0.4 is 5.73 Å². The van der Waals surface area contributed by atoms with Crippen LogP contribution in [0.3, 0.4) is 0 Å². The number of allylic oxidation sites excluding steroid dienone is 5. The highest BCUT2D eigenvalue weighted by molar-refractivity contribution is 5.67. The Morgan fingerprint density at radius 1 is 1.22 bits per heavy atom. The quantitative estimate of drug-likeness (QED) is 0.689. The van der Waals surface area contributed by atoms with Crippen molar-refractivity contribution in [3.8, 4) is 0 Å². The third-order valence-corrected chi connectivity index (χ3v) is 2.46. The van der Waals surface area contributed by atoms with Crippen LogP contribution in [0.2, 0.25) is 0 Å². The molecule has 0 spiro atoms. The molecule has 3 heteroatoms. The molecule has 0 saturated carbocycles. The van der Waals surface area contributed by atoms with E-state index in [-0.39, 0.29) is 0 Å². The SMILES string of the molecule is C=CC(=C)/C=C(/C(=C)CC)n1cncc1C.C=CN.CC.CC. The molecule has 1 heterocycles. The fourth-order valence-electron chi connectivity index (χ4n) is 1.37. The Labute approximate surface area is 143 Å². The maximum atomic E-state index is 4.61. The van der Waals surface area contributed by atoms with E-state index in [0.29, 0.717) is 0 Å². The van der Waals surface area contributed by atoms with Gasteiger partial charge in [0.05, 0.1) is 6.33 Å². The molecule has 0 saturated heterocycles. The first kappa shape index (κ1) is 25.7. The highest BCUT2D eigenvalue weighted by atomic mass is 15.1. The summed E-state index contributed by atoms with van der Waals surface area (Å²) in [7, 11) is 0. The highest BCUT2D eigenvalue weighted by Gasteiger charge is 2.06. The van der Waals surface area contributed by atoms with Crippen LogP contribution in [-0.4, -0.2) is 9.55 Å². The third kappa shape index (κ3) is 11.0. The van der Waals surface area contributed by atoms with Crippen LogP contribution in [0.15, 0.2) is 68.3 Å². The summed E-state index contributed by atoms with van der Waals surface area (Å²) >= 11 is 0. The first-order chi connectivity index (χ1) is 11.0. The molecule has 2 N–H and O–H groups in total. The summed E-state index contributed by atoms with van der Waals surface area (Å²) in [5, 5.41) is 0. The summed E-state index contributed by atoms with van der Waals surface area (Å²) in [5.41, 5.74) is 8.65. The van der Waals surface area contributed by atoms with Gasteiger partial charge in [0.1, 0.15) is 0 Å². The molecule has 3 nitrogen and oxygen atoms in total. The molecule has 0 fully saturated rings.